The maximum Gasteiger partial charge on any atom is 0.270 e. The van der Waals surface area contributed by atoms with E-state index in [0.717, 1.165) is 26.5 Å². The van der Waals surface area contributed by atoms with Gasteiger partial charge in [-0.1, -0.05) is 77.5 Å². The van der Waals surface area contributed by atoms with Crippen LogP contribution in [0, 0.1) is 0 Å². The first kappa shape index (κ1) is 22.7. The Balaban J connectivity index is 1.51. The standard InChI is InChI=1S/C25H15BrCl2N2OS2/c26-20-10-9-18(12-21(20)28)30-24(31)23(33-25(30)32)11-16-14-29(22-4-2-1-3-19(16)22)13-15-5-7-17(27)8-6-15/h1-12,14H,13H2/b23-11-. The van der Waals surface area contributed by atoms with Gasteiger partial charge in [-0.2, -0.15) is 0 Å². The molecule has 4 aromatic rings. The van der Waals surface area contributed by atoms with E-state index in [9.17, 15) is 4.79 Å². The number of benzene rings is 3. The summed E-state index contributed by atoms with van der Waals surface area (Å²) in [6, 6.07) is 21.3. The van der Waals surface area contributed by atoms with Crippen molar-refractivity contribution in [2.45, 2.75) is 6.54 Å². The van der Waals surface area contributed by atoms with Crippen LogP contribution in [0.2, 0.25) is 10.0 Å². The largest absolute Gasteiger partial charge is 0.342 e. The summed E-state index contributed by atoms with van der Waals surface area (Å²) in [5.74, 6) is -0.155. The third kappa shape index (κ3) is 4.51. The van der Waals surface area contributed by atoms with E-state index in [2.05, 4.69) is 38.8 Å². The van der Waals surface area contributed by atoms with Crippen LogP contribution in [-0.4, -0.2) is 14.8 Å². The number of hydrogen-bond acceptors (Lipinski definition) is 3. The van der Waals surface area contributed by atoms with Gasteiger partial charge < -0.3 is 4.57 Å². The summed E-state index contributed by atoms with van der Waals surface area (Å²) in [4.78, 5) is 15.4. The van der Waals surface area contributed by atoms with Crippen LogP contribution in [0.25, 0.3) is 17.0 Å². The van der Waals surface area contributed by atoms with Crippen molar-refractivity contribution in [1.82, 2.24) is 4.57 Å². The molecule has 1 aliphatic heterocycles. The number of thioether (sulfide) groups is 1. The van der Waals surface area contributed by atoms with Crippen molar-refractivity contribution >= 4 is 96.0 Å². The maximum atomic E-state index is 13.3. The topological polar surface area (TPSA) is 25.2 Å². The molecular weight excluding hydrogens is 559 g/mol. The molecule has 0 aliphatic carbocycles. The molecule has 1 aliphatic rings. The van der Waals surface area contributed by atoms with Crippen molar-refractivity contribution in [3.05, 3.63) is 103 Å². The van der Waals surface area contributed by atoms with Crippen molar-refractivity contribution in [3.8, 4) is 0 Å². The number of carbonyl (C=O) groups is 1. The minimum Gasteiger partial charge on any atom is -0.342 e. The number of aromatic nitrogens is 1. The minimum atomic E-state index is -0.155. The number of anilines is 1. The lowest BCUT2D eigenvalue weighted by atomic mass is 10.1. The molecule has 3 aromatic carbocycles. The minimum absolute atomic E-state index is 0.155. The molecule has 1 aromatic heterocycles. The van der Waals surface area contributed by atoms with Gasteiger partial charge >= 0.3 is 0 Å². The molecule has 1 saturated heterocycles. The summed E-state index contributed by atoms with van der Waals surface area (Å²) in [6.07, 6.45) is 3.99. The summed E-state index contributed by atoms with van der Waals surface area (Å²) in [5, 5.41) is 2.31. The number of amides is 1. The van der Waals surface area contributed by atoms with Gasteiger partial charge in [-0.05, 0) is 64.0 Å². The quantitative estimate of drug-likeness (QED) is 0.182. The summed E-state index contributed by atoms with van der Waals surface area (Å²) in [5.41, 5.74) is 3.85. The van der Waals surface area contributed by atoms with E-state index in [0.29, 0.717) is 31.5 Å². The molecule has 0 bridgehead atoms. The van der Waals surface area contributed by atoms with Crippen molar-refractivity contribution in [2.24, 2.45) is 0 Å². The number of thiocarbonyl (C=S) groups is 1. The summed E-state index contributed by atoms with van der Waals surface area (Å²) in [7, 11) is 0. The number of fused-ring (bicyclic) bond motifs is 1. The summed E-state index contributed by atoms with van der Waals surface area (Å²) >= 11 is 22.5. The Kier molecular flexibility index (Phi) is 6.38. The van der Waals surface area contributed by atoms with Crippen molar-refractivity contribution in [3.63, 3.8) is 0 Å². The Morgan fingerprint density at radius 3 is 2.55 bits per heavy atom. The van der Waals surface area contributed by atoms with Crippen LogP contribution >= 0.6 is 63.1 Å². The molecule has 0 unspecified atom stereocenters. The Morgan fingerprint density at radius 1 is 1.03 bits per heavy atom. The molecule has 0 spiro atoms. The summed E-state index contributed by atoms with van der Waals surface area (Å²) in [6.45, 7) is 0.698. The number of hydrogen-bond donors (Lipinski definition) is 0. The fourth-order valence-electron chi connectivity index (χ4n) is 3.76. The Bertz CT molecular complexity index is 1450. The fraction of sp³-hybridized carbons (Fsp3) is 0.0400. The van der Waals surface area contributed by atoms with Crippen LogP contribution < -0.4 is 4.90 Å². The van der Waals surface area contributed by atoms with Crippen LogP contribution in [0.4, 0.5) is 5.69 Å². The Hall–Kier alpha value is -2.09. The zero-order chi connectivity index (χ0) is 23.1. The van der Waals surface area contributed by atoms with Gasteiger partial charge in [0.1, 0.15) is 0 Å². The fourth-order valence-corrected chi connectivity index (χ4v) is 5.60. The van der Waals surface area contributed by atoms with Crippen LogP contribution in [0.15, 0.2) is 82.3 Å². The number of carbonyl (C=O) groups excluding carboxylic acids is 1. The second-order valence-corrected chi connectivity index (χ2v) is 10.8. The predicted octanol–water partition coefficient (Wildman–Crippen LogP) is 8.16. The predicted molar refractivity (Wildman–Crippen MR) is 147 cm³/mol. The van der Waals surface area contributed by atoms with Gasteiger partial charge in [0.15, 0.2) is 4.32 Å². The number of nitrogens with zero attached hydrogens (tertiary/aromatic N) is 2. The van der Waals surface area contributed by atoms with Gasteiger partial charge in [0.05, 0.1) is 15.6 Å². The molecule has 8 heteroatoms. The van der Waals surface area contributed by atoms with Crippen molar-refractivity contribution in [2.75, 3.05) is 4.90 Å². The first-order valence-corrected chi connectivity index (χ1v) is 12.7. The highest BCUT2D eigenvalue weighted by molar-refractivity contribution is 9.10. The molecule has 2 heterocycles. The van der Waals surface area contributed by atoms with Gasteiger partial charge in [0.2, 0.25) is 0 Å². The third-order valence-electron chi connectivity index (χ3n) is 5.33. The first-order valence-electron chi connectivity index (χ1n) is 9.96. The van der Waals surface area contributed by atoms with Crippen LogP contribution in [-0.2, 0) is 11.3 Å². The highest BCUT2D eigenvalue weighted by Crippen LogP contribution is 2.39. The van der Waals surface area contributed by atoms with Gasteiger partial charge in [-0.3, -0.25) is 9.69 Å². The smallest absolute Gasteiger partial charge is 0.270 e. The van der Waals surface area contributed by atoms with Crippen LogP contribution in [0.1, 0.15) is 11.1 Å². The summed E-state index contributed by atoms with van der Waals surface area (Å²) < 4.78 is 3.43. The zero-order valence-electron chi connectivity index (χ0n) is 17.0. The average Bonchev–Trinajstić information content (AvgIpc) is 3.28. The van der Waals surface area contributed by atoms with Gasteiger partial charge in [0, 0.05) is 38.7 Å². The van der Waals surface area contributed by atoms with Crippen molar-refractivity contribution in [1.29, 1.82) is 0 Å². The molecule has 0 atom stereocenters. The van der Waals surface area contributed by atoms with E-state index in [-0.39, 0.29) is 5.91 Å². The lowest BCUT2D eigenvalue weighted by molar-refractivity contribution is -0.113. The highest BCUT2D eigenvalue weighted by Gasteiger charge is 2.33. The second-order valence-electron chi connectivity index (χ2n) is 7.47. The molecule has 1 amide bonds. The number of halogens is 3. The normalized spacial score (nSPS) is 15.2. The lowest BCUT2D eigenvalue weighted by Crippen LogP contribution is -2.27. The highest BCUT2D eigenvalue weighted by atomic mass is 79.9. The molecule has 0 radical (unpaired) electrons. The van der Waals surface area contributed by atoms with Gasteiger partial charge in [-0.15, -0.1) is 0 Å². The second kappa shape index (κ2) is 9.28. The first-order chi connectivity index (χ1) is 15.9. The zero-order valence-corrected chi connectivity index (χ0v) is 21.7. The average molecular weight is 574 g/mol. The number of rotatable bonds is 4. The van der Waals surface area contributed by atoms with E-state index in [1.165, 1.54) is 16.7 Å². The molecule has 164 valence electrons. The van der Waals surface area contributed by atoms with E-state index >= 15 is 0 Å². The monoisotopic (exact) mass is 572 g/mol. The van der Waals surface area contributed by atoms with E-state index < -0.39 is 0 Å². The van der Waals surface area contributed by atoms with Gasteiger partial charge in [0.25, 0.3) is 5.91 Å². The molecule has 5 rings (SSSR count). The Labute approximate surface area is 219 Å². The number of para-hydroxylation sites is 1. The van der Waals surface area contributed by atoms with E-state index in [1.807, 2.05) is 54.6 Å². The van der Waals surface area contributed by atoms with Crippen molar-refractivity contribution < 1.29 is 4.79 Å². The molecule has 0 saturated carbocycles. The lowest BCUT2D eigenvalue weighted by Gasteiger charge is -2.15. The SMILES string of the molecule is O=C1/C(=C/c2cn(Cc3ccc(Cl)cc3)c3ccccc23)SC(=S)N1c1ccc(Br)c(Cl)c1. The molecule has 33 heavy (non-hydrogen) atoms. The van der Waals surface area contributed by atoms with Gasteiger partial charge in [-0.25, -0.2) is 0 Å². The van der Waals surface area contributed by atoms with Crippen LogP contribution in [0.3, 0.4) is 0 Å². The third-order valence-corrected chi connectivity index (χ3v) is 8.11. The molecule has 3 nitrogen and oxygen atoms in total. The maximum absolute atomic E-state index is 13.3. The molecular formula is C25H15BrCl2N2OS2. The van der Waals surface area contributed by atoms with Crippen LogP contribution in [0.5, 0.6) is 0 Å². The molecule has 0 N–H and O–H groups in total. The van der Waals surface area contributed by atoms with E-state index in [4.69, 9.17) is 35.4 Å². The molecule has 1 fully saturated rings. The van der Waals surface area contributed by atoms with E-state index in [1.54, 1.807) is 6.07 Å². The Morgan fingerprint density at radius 2 is 1.79 bits per heavy atom.